The molecule has 21 heavy (non-hydrogen) atoms. The summed E-state index contributed by atoms with van der Waals surface area (Å²) in [7, 11) is 0. The Kier molecular flexibility index (Phi) is 4.18. The predicted octanol–water partition coefficient (Wildman–Crippen LogP) is 2.92. The van der Waals surface area contributed by atoms with Crippen LogP contribution in [0.3, 0.4) is 0 Å². The first-order valence-electron chi connectivity index (χ1n) is 6.60. The van der Waals surface area contributed by atoms with Crippen LogP contribution in [-0.4, -0.2) is 15.0 Å². The van der Waals surface area contributed by atoms with Crippen LogP contribution in [0.2, 0.25) is 0 Å². The fourth-order valence-corrected chi connectivity index (χ4v) is 2.71. The second-order valence-corrected chi connectivity index (χ2v) is 5.43. The number of nitrogens with zero attached hydrogens (tertiary/aromatic N) is 3. The first kappa shape index (κ1) is 13.7. The molecule has 0 amide bonds. The number of rotatable bonds is 5. The maximum Gasteiger partial charge on any atom is 0.228 e. The van der Waals surface area contributed by atoms with Gasteiger partial charge in [-0.05, 0) is 18.1 Å². The van der Waals surface area contributed by atoms with E-state index in [1.807, 2.05) is 23.6 Å². The fourth-order valence-electron chi connectivity index (χ4n) is 1.95. The Morgan fingerprint density at radius 2 is 1.86 bits per heavy atom. The summed E-state index contributed by atoms with van der Waals surface area (Å²) in [6.45, 7) is 0. The van der Waals surface area contributed by atoms with Crippen LogP contribution in [0, 0.1) is 0 Å². The van der Waals surface area contributed by atoms with E-state index in [0.29, 0.717) is 5.95 Å². The largest absolute Gasteiger partial charge is 0.322 e. The van der Waals surface area contributed by atoms with Crippen LogP contribution in [0.4, 0.5) is 11.1 Å². The molecule has 3 aromatic rings. The Hall–Kier alpha value is -2.31. The van der Waals surface area contributed by atoms with E-state index in [2.05, 4.69) is 32.4 Å². The van der Waals surface area contributed by atoms with Crippen LogP contribution in [0.15, 0.2) is 54.2 Å². The van der Waals surface area contributed by atoms with Gasteiger partial charge in [0.25, 0.3) is 0 Å². The molecule has 0 aliphatic rings. The number of hydrogen-bond acceptors (Lipinski definition) is 6. The van der Waals surface area contributed by atoms with E-state index < -0.39 is 0 Å². The van der Waals surface area contributed by atoms with Crippen LogP contribution in [0.25, 0.3) is 0 Å². The molecular formula is C15H15N5S. The average Bonchev–Trinajstić information content (AvgIpc) is 2.98. The normalized spacial score (nSPS) is 12.0. The molecule has 0 saturated carbocycles. The van der Waals surface area contributed by atoms with Gasteiger partial charge in [0.05, 0.1) is 11.7 Å². The number of nitrogens with one attached hydrogen (secondary N) is 1. The molecule has 3 rings (SSSR count). The lowest BCUT2D eigenvalue weighted by Crippen LogP contribution is -2.13. The van der Waals surface area contributed by atoms with Gasteiger partial charge >= 0.3 is 0 Å². The molecule has 3 N–H and O–H groups in total. The van der Waals surface area contributed by atoms with Crippen molar-refractivity contribution < 1.29 is 0 Å². The molecule has 0 aliphatic heterocycles. The molecule has 2 aromatic heterocycles. The van der Waals surface area contributed by atoms with Crippen LogP contribution in [0.5, 0.6) is 0 Å². The SMILES string of the molecule is N[C@@H](Cc1ccccc1)c1csc(Nc2ncccn2)n1. The third-order valence-electron chi connectivity index (χ3n) is 2.98. The van der Waals surface area contributed by atoms with Crippen molar-refractivity contribution in [3.05, 3.63) is 65.4 Å². The minimum atomic E-state index is -0.115. The van der Waals surface area contributed by atoms with Gasteiger partial charge in [0.2, 0.25) is 5.95 Å². The van der Waals surface area contributed by atoms with Crippen molar-refractivity contribution in [1.82, 2.24) is 15.0 Å². The van der Waals surface area contributed by atoms with Crippen molar-refractivity contribution in [1.29, 1.82) is 0 Å². The summed E-state index contributed by atoms with van der Waals surface area (Å²) >= 11 is 1.50. The van der Waals surface area contributed by atoms with Crippen LogP contribution in [-0.2, 0) is 6.42 Å². The van der Waals surface area contributed by atoms with E-state index in [0.717, 1.165) is 17.2 Å². The number of hydrogen-bond donors (Lipinski definition) is 2. The molecule has 0 aliphatic carbocycles. The monoisotopic (exact) mass is 297 g/mol. The second kappa shape index (κ2) is 6.43. The molecule has 6 heteroatoms. The maximum absolute atomic E-state index is 6.22. The van der Waals surface area contributed by atoms with E-state index in [9.17, 15) is 0 Å². The highest BCUT2D eigenvalue weighted by Crippen LogP contribution is 2.23. The zero-order valence-corrected chi connectivity index (χ0v) is 12.1. The molecule has 0 unspecified atom stereocenters. The minimum Gasteiger partial charge on any atom is -0.322 e. The highest BCUT2D eigenvalue weighted by molar-refractivity contribution is 7.13. The van der Waals surface area contributed by atoms with Gasteiger partial charge in [-0.2, -0.15) is 0 Å². The van der Waals surface area contributed by atoms with E-state index >= 15 is 0 Å². The van der Waals surface area contributed by atoms with E-state index in [1.165, 1.54) is 16.9 Å². The number of nitrogens with two attached hydrogens (primary N) is 1. The topological polar surface area (TPSA) is 76.7 Å². The maximum atomic E-state index is 6.22. The molecule has 1 aromatic carbocycles. The Morgan fingerprint density at radius 1 is 1.10 bits per heavy atom. The Bertz CT molecular complexity index is 684. The van der Waals surface area contributed by atoms with Crippen molar-refractivity contribution in [3.63, 3.8) is 0 Å². The van der Waals surface area contributed by atoms with Gasteiger partial charge < -0.3 is 11.1 Å². The first-order chi connectivity index (χ1) is 10.3. The molecule has 2 heterocycles. The van der Waals surface area contributed by atoms with Gasteiger partial charge in [0.1, 0.15) is 0 Å². The first-order valence-corrected chi connectivity index (χ1v) is 7.48. The lowest BCUT2D eigenvalue weighted by atomic mass is 10.1. The highest BCUT2D eigenvalue weighted by Gasteiger charge is 2.12. The number of anilines is 2. The lowest BCUT2D eigenvalue weighted by molar-refractivity contribution is 0.702. The summed E-state index contributed by atoms with van der Waals surface area (Å²) in [5, 5.41) is 5.79. The number of benzene rings is 1. The number of aromatic nitrogens is 3. The Morgan fingerprint density at radius 3 is 2.62 bits per heavy atom. The van der Waals surface area contributed by atoms with Crippen LogP contribution >= 0.6 is 11.3 Å². The zero-order valence-electron chi connectivity index (χ0n) is 11.3. The summed E-state index contributed by atoms with van der Waals surface area (Å²) in [6.07, 6.45) is 4.14. The second-order valence-electron chi connectivity index (χ2n) is 4.57. The van der Waals surface area contributed by atoms with Gasteiger partial charge in [0, 0.05) is 17.8 Å². The third kappa shape index (κ3) is 3.62. The summed E-state index contributed by atoms with van der Waals surface area (Å²) in [5.74, 6) is 0.537. The smallest absolute Gasteiger partial charge is 0.228 e. The molecule has 1 atom stereocenters. The van der Waals surface area contributed by atoms with E-state index in [-0.39, 0.29) is 6.04 Å². The van der Waals surface area contributed by atoms with Gasteiger partial charge in [0.15, 0.2) is 5.13 Å². The van der Waals surface area contributed by atoms with Crippen molar-refractivity contribution in [3.8, 4) is 0 Å². The Labute approximate surface area is 126 Å². The highest BCUT2D eigenvalue weighted by atomic mass is 32.1. The predicted molar refractivity (Wildman–Crippen MR) is 84.5 cm³/mol. The summed E-state index contributed by atoms with van der Waals surface area (Å²) in [4.78, 5) is 12.7. The van der Waals surface area contributed by atoms with Gasteiger partial charge in [-0.25, -0.2) is 15.0 Å². The van der Waals surface area contributed by atoms with Gasteiger partial charge in [-0.1, -0.05) is 30.3 Å². The molecule has 0 fully saturated rings. The van der Waals surface area contributed by atoms with E-state index in [4.69, 9.17) is 5.73 Å². The van der Waals surface area contributed by atoms with Crippen molar-refractivity contribution in [2.24, 2.45) is 5.73 Å². The zero-order chi connectivity index (χ0) is 14.5. The van der Waals surface area contributed by atoms with Crippen molar-refractivity contribution in [2.75, 3.05) is 5.32 Å². The molecule has 106 valence electrons. The van der Waals surface area contributed by atoms with Crippen molar-refractivity contribution in [2.45, 2.75) is 12.5 Å². The molecule has 5 nitrogen and oxygen atoms in total. The summed E-state index contributed by atoms with van der Waals surface area (Å²) in [5.41, 5.74) is 8.30. The van der Waals surface area contributed by atoms with Crippen LogP contribution in [0.1, 0.15) is 17.3 Å². The average molecular weight is 297 g/mol. The molecule has 0 bridgehead atoms. The fraction of sp³-hybridized carbons (Fsp3) is 0.133. The summed E-state index contributed by atoms with van der Waals surface area (Å²) < 4.78 is 0. The van der Waals surface area contributed by atoms with E-state index in [1.54, 1.807) is 18.5 Å². The molecular weight excluding hydrogens is 282 g/mol. The Balaban J connectivity index is 1.67. The number of thiazole rings is 1. The van der Waals surface area contributed by atoms with Crippen LogP contribution < -0.4 is 11.1 Å². The minimum absolute atomic E-state index is 0.115. The molecule has 0 saturated heterocycles. The van der Waals surface area contributed by atoms with Gasteiger partial charge in [-0.3, -0.25) is 0 Å². The lowest BCUT2D eigenvalue weighted by Gasteiger charge is -2.08. The third-order valence-corrected chi connectivity index (χ3v) is 3.76. The molecule has 0 radical (unpaired) electrons. The summed E-state index contributed by atoms with van der Waals surface area (Å²) in [6, 6.07) is 11.8. The van der Waals surface area contributed by atoms with Crippen molar-refractivity contribution >= 4 is 22.4 Å². The van der Waals surface area contributed by atoms with Gasteiger partial charge in [-0.15, -0.1) is 11.3 Å². The quantitative estimate of drug-likeness (QED) is 0.757. The standard InChI is InChI=1S/C15H15N5S/c16-12(9-11-5-2-1-3-6-11)13-10-21-15(19-13)20-14-17-7-4-8-18-14/h1-8,10,12H,9,16H2,(H,17,18,19,20)/t12-/m0/s1. The molecule has 0 spiro atoms.